The fourth-order valence-electron chi connectivity index (χ4n) is 2.23. The van der Waals surface area contributed by atoms with Gasteiger partial charge in [-0.05, 0) is 45.3 Å². The van der Waals surface area contributed by atoms with E-state index in [-0.39, 0.29) is 0 Å². The second-order valence-corrected chi connectivity index (χ2v) is 6.77. The van der Waals surface area contributed by atoms with Gasteiger partial charge in [0.2, 0.25) is 0 Å². The Balaban J connectivity index is 1.89. The maximum atomic E-state index is 3.52. The first-order valence-corrected chi connectivity index (χ1v) is 8.38. The lowest BCUT2D eigenvalue weighted by Gasteiger charge is -2.32. The van der Waals surface area contributed by atoms with Crippen molar-refractivity contribution in [3.8, 4) is 0 Å². The maximum Gasteiger partial charge on any atom is 0.0158 e. The summed E-state index contributed by atoms with van der Waals surface area (Å²) < 4.78 is 0. The van der Waals surface area contributed by atoms with E-state index in [1.54, 1.807) is 0 Å². The van der Waals surface area contributed by atoms with Crippen LogP contribution in [-0.2, 0) is 0 Å². The molecule has 0 aromatic rings. The summed E-state index contributed by atoms with van der Waals surface area (Å²) in [7, 11) is 0. The molecule has 0 aromatic heterocycles. The minimum atomic E-state index is 0.779. The van der Waals surface area contributed by atoms with Gasteiger partial charge in [-0.3, -0.25) is 4.90 Å². The fraction of sp³-hybridized carbons (Fsp3) is 1.00. The average molecular weight is 258 g/mol. The lowest BCUT2D eigenvalue weighted by Crippen LogP contribution is -2.40. The summed E-state index contributed by atoms with van der Waals surface area (Å²) in [5.41, 5.74) is 0. The summed E-state index contributed by atoms with van der Waals surface area (Å²) in [5.74, 6) is 3.44. The SMILES string of the molecule is CC(C)CNCCCCCN1CCSCC1C. The van der Waals surface area contributed by atoms with Crippen molar-refractivity contribution in [3.05, 3.63) is 0 Å². The normalized spacial score (nSPS) is 22.2. The van der Waals surface area contributed by atoms with Crippen LogP contribution < -0.4 is 5.32 Å². The van der Waals surface area contributed by atoms with E-state index in [9.17, 15) is 0 Å². The first-order chi connectivity index (χ1) is 8.20. The zero-order chi connectivity index (χ0) is 12.5. The molecule has 1 heterocycles. The standard InChI is InChI=1S/C14H30N2S/c1-13(2)11-15-7-5-4-6-8-16-9-10-17-12-14(16)3/h13-15H,4-12H2,1-3H3. The van der Waals surface area contributed by atoms with Crippen molar-refractivity contribution in [1.82, 2.24) is 10.2 Å². The van der Waals surface area contributed by atoms with Gasteiger partial charge < -0.3 is 5.32 Å². The van der Waals surface area contributed by atoms with E-state index in [1.807, 2.05) is 0 Å². The van der Waals surface area contributed by atoms with E-state index < -0.39 is 0 Å². The summed E-state index contributed by atoms with van der Waals surface area (Å²) in [5, 5.41) is 3.52. The minimum Gasteiger partial charge on any atom is -0.316 e. The smallest absolute Gasteiger partial charge is 0.0158 e. The molecule has 0 radical (unpaired) electrons. The van der Waals surface area contributed by atoms with Crippen LogP contribution in [0, 0.1) is 5.92 Å². The first-order valence-electron chi connectivity index (χ1n) is 7.22. The molecule has 0 spiro atoms. The van der Waals surface area contributed by atoms with E-state index in [1.165, 1.54) is 56.9 Å². The highest BCUT2D eigenvalue weighted by molar-refractivity contribution is 7.99. The number of thioether (sulfide) groups is 1. The molecule has 2 nitrogen and oxygen atoms in total. The van der Waals surface area contributed by atoms with Gasteiger partial charge in [0.15, 0.2) is 0 Å². The van der Waals surface area contributed by atoms with Crippen LogP contribution >= 0.6 is 11.8 Å². The number of nitrogens with zero attached hydrogens (tertiary/aromatic N) is 1. The molecule has 1 atom stereocenters. The second kappa shape index (κ2) is 9.23. The summed E-state index contributed by atoms with van der Waals surface area (Å²) in [6.07, 6.45) is 4.09. The van der Waals surface area contributed by atoms with Crippen LogP contribution in [0.3, 0.4) is 0 Å². The average Bonchev–Trinajstić information content (AvgIpc) is 2.30. The Bertz CT molecular complexity index is 185. The van der Waals surface area contributed by atoms with Gasteiger partial charge in [0, 0.05) is 24.1 Å². The summed E-state index contributed by atoms with van der Waals surface area (Å²) in [6.45, 7) is 11.9. The Morgan fingerprint density at radius 1 is 1.29 bits per heavy atom. The highest BCUT2D eigenvalue weighted by Gasteiger charge is 2.17. The molecule has 0 saturated carbocycles. The topological polar surface area (TPSA) is 15.3 Å². The third kappa shape index (κ3) is 7.32. The van der Waals surface area contributed by atoms with E-state index >= 15 is 0 Å². The molecule has 102 valence electrons. The number of unbranched alkanes of at least 4 members (excludes halogenated alkanes) is 2. The van der Waals surface area contributed by atoms with Crippen LogP contribution in [0.4, 0.5) is 0 Å². The van der Waals surface area contributed by atoms with Crippen molar-refractivity contribution in [2.45, 2.75) is 46.1 Å². The molecule has 1 aliphatic rings. The second-order valence-electron chi connectivity index (χ2n) is 5.62. The van der Waals surface area contributed by atoms with Crippen LogP contribution in [0.5, 0.6) is 0 Å². The molecular formula is C14H30N2S. The lowest BCUT2D eigenvalue weighted by molar-refractivity contribution is 0.227. The van der Waals surface area contributed by atoms with E-state index in [0.717, 1.165) is 12.0 Å². The molecule has 1 rings (SSSR count). The molecule has 1 fully saturated rings. The molecule has 17 heavy (non-hydrogen) atoms. The molecular weight excluding hydrogens is 228 g/mol. The van der Waals surface area contributed by atoms with Gasteiger partial charge in [0.05, 0.1) is 0 Å². The molecule has 1 saturated heterocycles. The van der Waals surface area contributed by atoms with Crippen LogP contribution in [0.2, 0.25) is 0 Å². The Labute approximate surface area is 112 Å². The minimum absolute atomic E-state index is 0.779. The number of hydrogen-bond donors (Lipinski definition) is 1. The van der Waals surface area contributed by atoms with Gasteiger partial charge in [0.1, 0.15) is 0 Å². The predicted octanol–water partition coefficient (Wildman–Crippen LogP) is 2.84. The Hall–Kier alpha value is 0.270. The molecule has 1 N–H and O–H groups in total. The van der Waals surface area contributed by atoms with Gasteiger partial charge in [0.25, 0.3) is 0 Å². The van der Waals surface area contributed by atoms with Crippen molar-refractivity contribution in [1.29, 1.82) is 0 Å². The van der Waals surface area contributed by atoms with Gasteiger partial charge in [-0.15, -0.1) is 0 Å². The zero-order valence-corrected chi connectivity index (χ0v) is 12.7. The van der Waals surface area contributed by atoms with Crippen LogP contribution in [0.15, 0.2) is 0 Å². The lowest BCUT2D eigenvalue weighted by atomic mass is 10.2. The van der Waals surface area contributed by atoms with Gasteiger partial charge in [-0.2, -0.15) is 11.8 Å². The monoisotopic (exact) mass is 258 g/mol. The van der Waals surface area contributed by atoms with Crippen LogP contribution in [0.25, 0.3) is 0 Å². The Morgan fingerprint density at radius 3 is 2.82 bits per heavy atom. The summed E-state index contributed by atoms with van der Waals surface area (Å²) >= 11 is 2.11. The Morgan fingerprint density at radius 2 is 2.12 bits per heavy atom. The number of nitrogens with one attached hydrogen (secondary N) is 1. The highest BCUT2D eigenvalue weighted by Crippen LogP contribution is 2.16. The molecule has 0 aromatic carbocycles. The third-order valence-electron chi connectivity index (χ3n) is 3.36. The molecule has 0 bridgehead atoms. The first kappa shape index (κ1) is 15.3. The molecule has 1 aliphatic heterocycles. The fourth-order valence-corrected chi connectivity index (χ4v) is 3.31. The van der Waals surface area contributed by atoms with Crippen LogP contribution in [-0.4, -0.2) is 48.6 Å². The van der Waals surface area contributed by atoms with Crippen molar-refractivity contribution in [3.63, 3.8) is 0 Å². The van der Waals surface area contributed by atoms with Gasteiger partial charge in [-0.1, -0.05) is 20.3 Å². The highest BCUT2D eigenvalue weighted by atomic mass is 32.2. The third-order valence-corrected chi connectivity index (χ3v) is 4.55. The quantitative estimate of drug-likeness (QED) is 0.674. The molecule has 3 heteroatoms. The van der Waals surface area contributed by atoms with Crippen LogP contribution in [0.1, 0.15) is 40.0 Å². The molecule has 0 aliphatic carbocycles. The largest absolute Gasteiger partial charge is 0.316 e. The van der Waals surface area contributed by atoms with Crippen molar-refractivity contribution >= 4 is 11.8 Å². The number of rotatable bonds is 8. The van der Waals surface area contributed by atoms with E-state index in [2.05, 4.69) is 42.7 Å². The summed E-state index contributed by atoms with van der Waals surface area (Å²) in [6, 6.07) is 0.799. The van der Waals surface area contributed by atoms with Gasteiger partial charge in [-0.25, -0.2) is 0 Å². The zero-order valence-electron chi connectivity index (χ0n) is 11.9. The molecule has 0 amide bonds. The van der Waals surface area contributed by atoms with Crippen molar-refractivity contribution in [2.75, 3.05) is 37.7 Å². The molecule has 1 unspecified atom stereocenters. The number of hydrogen-bond acceptors (Lipinski definition) is 3. The van der Waals surface area contributed by atoms with E-state index in [4.69, 9.17) is 0 Å². The maximum absolute atomic E-state index is 3.52. The van der Waals surface area contributed by atoms with E-state index in [0.29, 0.717) is 0 Å². The predicted molar refractivity (Wildman–Crippen MR) is 79.9 cm³/mol. The van der Waals surface area contributed by atoms with Crippen molar-refractivity contribution < 1.29 is 0 Å². The Kier molecular flexibility index (Phi) is 8.33. The summed E-state index contributed by atoms with van der Waals surface area (Å²) in [4.78, 5) is 2.66. The van der Waals surface area contributed by atoms with Gasteiger partial charge >= 0.3 is 0 Å². The van der Waals surface area contributed by atoms with Crippen molar-refractivity contribution in [2.24, 2.45) is 5.92 Å².